The molecule has 0 fully saturated rings. The summed E-state index contributed by atoms with van der Waals surface area (Å²) in [5.74, 6) is 2.04. The van der Waals surface area contributed by atoms with Crippen molar-refractivity contribution in [2.24, 2.45) is 14.1 Å². The summed E-state index contributed by atoms with van der Waals surface area (Å²) >= 11 is 0. The summed E-state index contributed by atoms with van der Waals surface area (Å²) in [6.07, 6.45) is 1.72. The van der Waals surface area contributed by atoms with Crippen molar-refractivity contribution >= 4 is 0 Å². The maximum absolute atomic E-state index is 4.58. The van der Waals surface area contributed by atoms with Crippen LogP contribution < -0.4 is 0 Å². The number of imidazole rings is 1. The lowest BCUT2D eigenvalue weighted by Gasteiger charge is -2.15. The van der Waals surface area contributed by atoms with E-state index in [1.807, 2.05) is 18.5 Å². The fourth-order valence-corrected chi connectivity index (χ4v) is 1.92. The smallest absolute Gasteiger partial charge is 0.146 e. The average Bonchev–Trinajstić information content (AvgIpc) is 2.80. The van der Waals surface area contributed by atoms with Gasteiger partial charge in [-0.2, -0.15) is 0 Å². The molecule has 6 nitrogen and oxygen atoms in total. The molecule has 2 rings (SSSR count). The highest BCUT2D eigenvalue weighted by Crippen LogP contribution is 2.10. The van der Waals surface area contributed by atoms with Crippen LogP contribution in [0.3, 0.4) is 0 Å². The van der Waals surface area contributed by atoms with Crippen LogP contribution in [0.4, 0.5) is 0 Å². The highest BCUT2D eigenvalue weighted by atomic mass is 15.3. The third-order valence-corrected chi connectivity index (χ3v) is 3.34. The van der Waals surface area contributed by atoms with Crippen LogP contribution in [-0.2, 0) is 27.2 Å². The van der Waals surface area contributed by atoms with Gasteiger partial charge in [0.15, 0.2) is 0 Å². The predicted molar refractivity (Wildman–Crippen MR) is 68.9 cm³/mol. The van der Waals surface area contributed by atoms with Crippen molar-refractivity contribution in [3.05, 3.63) is 29.4 Å². The second kappa shape index (κ2) is 4.89. The Morgan fingerprint density at radius 1 is 1.17 bits per heavy atom. The second-order valence-electron chi connectivity index (χ2n) is 4.79. The van der Waals surface area contributed by atoms with Gasteiger partial charge in [-0.25, -0.2) is 4.98 Å². The molecule has 0 atom stereocenters. The van der Waals surface area contributed by atoms with E-state index in [4.69, 9.17) is 0 Å². The molecule has 2 heterocycles. The minimum atomic E-state index is 0.765. The fraction of sp³-hybridized carbons (Fsp3) is 0.583. The van der Waals surface area contributed by atoms with E-state index in [2.05, 4.69) is 45.7 Å². The quantitative estimate of drug-likeness (QED) is 0.803. The molecular weight excluding hydrogens is 228 g/mol. The largest absolute Gasteiger partial charge is 0.334 e. The van der Waals surface area contributed by atoms with Crippen molar-refractivity contribution in [3.63, 3.8) is 0 Å². The third kappa shape index (κ3) is 2.43. The Morgan fingerprint density at radius 2 is 1.83 bits per heavy atom. The molecule has 0 saturated heterocycles. The van der Waals surface area contributed by atoms with Crippen LogP contribution in [0.1, 0.15) is 23.0 Å². The molecule has 0 amide bonds. The van der Waals surface area contributed by atoms with E-state index in [0.717, 1.165) is 30.4 Å². The Balaban J connectivity index is 2.05. The first kappa shape index (κ1) is 12.8. The van der Waals surface area contributed by atoms with Crippen molar-refractivity contribution in [1.82, 2.24) is 29.2 Å². The summed E-state index contributed by atoms with van der Waals surface area (Å²) < 4.78 is 4.08. The molecule has 2 aromatic rings. The molecule has 98 valence electrons. The molecule has 0 aliphatic carbocycles. The van der Waals surface area contributed by atoms with Gasteiger partial charge >= 0.3 is 0 Å². The van der Waals surface area contributed by atoms with E-state index in [9.17, 15) is 0 Å². The van der Waals surface area contributed by atoms with Crippen molar-refractivity contribution in [2.75, 3.05) is 7.05 Å². The summed E-state index contributed by atoms with van der Waals surface area (Å²) in [6.45, 7) is 5.70. The lowest BCUT2D eigenvalue weighted by Crippen LogP contribution is -2.21. The van der Waals surface area contributed by atoms with Gasteiger partial charge in [0.25, 0.3) is 0 Å². The number of hydrogen-bond acceptors (Lipinski definition) is 4. The zero-order valence-corrected chi connectivity index (χ0v) is 11.7. The molecule has 0 unspecified atom stereocenters. The third-order valence-electron chi connectivity index (χ3n) is 3.34. The van der Waals surface area contributed by atoms with E-state index in [0.29, 0.717) is 0 Å². The molecule has 0 bridgehead atoms. The molecule has 0 radical (unpaired) electrons. The summed E-state index contributed by atoms with van der Waals surface area (Å²) in [4.78, 5) is 6.77. The lowest BCUT2D eigenvalue weighted by atomic mass is 10.4. The summed E-state index contributed by atoms with van der Waals surface area (Å²) in [6, 6.07) is 0. The molecule has 0 aromatic carbocycles. The Bertz CT molecular complexity index is 539. The highest BCUT2D eigenvalue weighted by molar-refractivity contribution is 5.13. The van der Waals surface area contributed by atoms with Gasteiger partial charge in [-0.05, 0) is 20.9 Å². The van der Waals surface area contributed by atoms with E-state index >= 15 is 0 Å². The first-order chi connectivity index (χ1) is 8.49. The summed E-state index contributed by atoms with van der Waals surface area (Å²) in [5.41, 5.74) is 2.32. The molecule has 6 heteroatoms. The first-order valence-electron chi connectivity index (χ1n) is 5.99. The van der Waals surface area contributed by atoms with E-state index in [1.165, 1.54) is 5.69 Å². The maximum atomic E-state index is 4.58. The molecule has 0 aliphatic rings. The standard InChI is InChI=1S/C12H20N6/c1-9-10(2)18(5)11(14-9)6-16(3)7-12-15-13-8-17(12)4/h8H,6-7H2,1-5H3. The Kier molecular flexibility index (Phi) is 3.47. The van der Waals surface area contributed by atoms with Gasteiger partial charge in [-0.1, -0.05) is 0 Å². The fourth-order valence-electron chi connectivity index (χ4n) is 1.92. The van der Waals surface area contributed by atoms with Gasteiger partial charge in [0.05, 0.1) is 18.8 Å². The maximum Gasteiger partial charge on any atom is 0.146 e. The molecule has 0 aliphatic heterocycles. The number of rotatable bonds is 4. The van der Waals surface area contributed by atoms with Crippen LogP contribution in [-0.4, -0.2) is 36.3 Å². The predicted octanol–water partition coefficient (Wildman–Crippen LogP) is 0.797. The van der Waals surface area contributed by atoms with E-state index < -0.39 is 0 Å². The van der Waals surface area contributed by atoms with E-state index in [1.54, 1.807) is 6.33 Å². The van der Waals surface area contributed by atoms with Crippen molar-refractivity contribution in [2.45, 2.75) is 26.9 Å². The van der Waals surface area contributed by atoms with Crippen LogP contribution in [0.5, 0.6) is 0 Å². The normalized spacial score (nSPS) is 11.4. The Morgan fingerprint density at radius 3 is 2.33 bits per heavy atom. The Labute approximate surface area is 107 Å². The summed E-state index contributed by atoms with van der Waals surface area (Å²) in [7, 11) is 6.08. The van der Waals surface area contributed by atoms with Crippen molar-refractivity contribution in [3.8, 4) is 0 Å². The van der Waals surface area contributed by atoms with Crippen LogP contribution in [0.15, 0.2) is 6.33 Å². The minimum Gasteiger partial charge on any atom is -0.334 e. The van der Waals surface area contributed by atoms with Gasteiger partial charge in [0, 0.05) is 19.8 Å². The van der Waals surface area contributed by atoms with Crippen LogP contribution >= 0.6 is 0 Å². The van der Waals surface area contributed by atoms with Crippen molar-refractivity contribution < 1.29 is 0 Å². The zero-order chi connectivity index (χ0) is 13.3. The molecule has 18 heavy (non-hydrogen) atoms. The molecular formula is C12H20N6. The average molecular weight is 248 g/mol. The highest BCUT2D eigenvalue weighted by Gasteiger charge is 2.11. The van der Waals surface area contributed by atoms with Gasteiger partial charge in [-0.15, -0.1) is 10.2 Å². The van der Waals surface area contributed by atoms with E-state index in [-0.39, 0.29) is 0 Å². The number of nitrogens with zero attached hydrogens (tertiary/aromatic N) is 6. The zero-order valence-electron chi connectivity index (χ0n) is 11.7. The number of aromatic nitrogens is 5. The van der Waals surface area contributed by atoms with Gasteiger partial charge in [-0.3, -0.25) is 4.90 Å². The molecule has 0 N–H and O–H groups in total. The second-order valence-corrected chi connectivity index (χ2v) is 4.79. The lowest BCUT2D eigenvalue weighted by molar-refractivity contribution is 0.295. The van der Waals surface area contributed by atoms with Gasteiger partial charge < -0.3 is 9.13 Å². The minimum absolute atomic E-state index is 0.765. The van der Waals surface area contributed by atoms with Gasteiger partial charge in [0.2, 0.25) is 0 Å². The molecule has 0 saturated carbocycles. The molecule has 2 aromatic heterocycles. The SMILES string of the molecule is Cc1nc(CN(C)Cc2nncn2C)n(C)c1C. The summed E-state index contributed by atoms with van der Waals surface area (Å²) in [5, 5.41) is 7.97. The van der Waals surface area contributed by atoms with Crippen LogP contribution in [0.2, 0.25) is 0 Å². The monoisotopic (exact) mass is 248 g/mol. The Hall–Kier alpha value is -1.69. The van der Waals surface area contributed by atoms with Crippen LogP contribution in [0.25, 0.3) is 0 Å². The first-order valence-corrected chi connectivity index (χ1v) is 5.99. The topological polar surface area (TPSA) is 51.8 Å². The van der Waals surface area contributed by atoms with Gasteiger partial charge in [0.1, 0.15) is 18.0 Å². The number of hydrogen-bond donors (Lipinski definition) is 0. The number of aryl methyl sites for hydroxylation is 2. The van der Waals surface area contributed by atoms with Crippen LogP contribution in [0, 0.1) is 13.8 Å². The van der Waals surface area contributed by atoms with Crippen molar-refractivity contribution in [1.29, 1.82) is 0 Å². The molecule has 0 spiro atoms.